The van der Waals surface area contributed by atoms with Gasteiger partial charge in [-0.15, -0.1) is 0 Å². The highest BCUT2D eigenvalue weighted by atomic mass is 15.2. The molecular formula is C11H16N2. The molecule has 0 unspecified atom stereocenters. The van der Waals surface area contributed by atoms with Crippen LogP contribution in [0.5, 0.6) is 0 Å². The van der Waals surface area contributed by atoms with Gasteiger partial charge in [0.25, 0.3) is 0 Å². The minimum atomic E-state index is 1.06. The molecule has 1 aromatic rings. The molecule has 0 aromatic carbocycles. The van der Waals surface area contributed by atoms with Gasteiger partial charge in [-0.1, -0.05) is 12.2 Å². The van der Waals surface area contributed by atoms with Crippen LogP contribution in [0.3, 0.4) is 0 Å². The standard InChI is InChI=1S/C11H16N2/c1-8(2)9(3)6-11-7-13(5)12-10(11)4/h6-7H,1H2,2-5H3/b9-6+. The summed E-state index contributed by atoms with van der Waals surface area (Å²) in [6, 6.07) is 0. The van der Waals surface area contributed by atoms with Gasteiger partial charge in [-0.2, -0.15) is 5.10 Å². The van der Waals surface area contributed by atoms with E-state index in [1.165, 1.54) is 11.1 Å². The summed E-state index contributed by atoms with van der Waals surface area (Å²) in [6.45, 7) is 9.98. The van der Waals surface area contributed by atoms with Crippen LogP contribution in [0.1, 0.15) is 25.1 Å². The summed E-state index contributed by atoms with van der Waals surface area (Å²) in [7, 11) is 1.93. The summed E-state index contributed by atoms with van der Waals surface area (Å²) in [5, 5.41) is 4.27. The quantitative estimate of drug-likeness (QED) is 0.633. The minimum absolute atomic E-state index is 1.06. The number of hydrogen-bond acceptors (Lipinski definition) is 1. The van der Waals surface area contributed by atoms with Gasteiger partial charge in [0.1, 0.15) is 0 Å². The molecule has 2 nitrogen and oxygen atoms in total. The molecule has 0 aliphatic heterocycles. The molecule has 0 radical (unpaired) electrons. The second kappa shape index (κ2) is 3.60. The lowest BCUT2D eigenvalue weighted by molar-refractivity contribution is 0.756. The van der Waals surface area contributed by atoms with Crippen LogP contribution in [-0.2, 0) is 7.05 Å². The topological polar surface area (TPSA) is 17.8 Å². The van der Waals surface area contributed by atoms with Crippen molar-refractivity contribution in [2.24, 2.45) is 7.05 Å². The van der Waals surface area contributed by atoms with Crippen molar-refractivity contribution in [3.05, 3.63) is 35.2 Å². The molecule has 0 saturated carbocycles. The maximum atomic E-state index is 4.27. The van der Waals surface area contributed by atoms with Crippen molar-refractivity contribution in [1.29, 1.82) is 0 Å². The van der Waals surface area contributed by atoms with Gasteiger partial charge in [0.2, 0.25) is 0 Å². The zero-order chi connectivity index (χ0) is 10.0. The van der Waals surface area contributed by atoms with Crippen LogP contribution in [0.15, 0.2) is 23.9 Å². The first-order valence-corrected chi connectivity index (χ1v) is 4.35. The van der Waals surface area contributed by atoms with Crippen molar-refractivity contribution in [2.75, 3.05) is 0 Å². The Hall–Kier alpha value is -1.31. The second-order valence-electron chi connectivity index (χ2n) is 3.45. The Morgan fingerprint density at radius 3 is 2.54 bits per heavy atom. The third-order valence-electron chi connectivity index (χ3n) is 2.10. The predicted octanol–water partition coefficient (Wildman–Crippen LogP) is 2.71. The van der Waals surface area contributed by atoms with Crippen LogP contribution in [0.25, 0.3) is 6.08 Å². The highest BCUT2D eigenvalue weighted by Gasteiger charge is 1.99. The van der Waals surface area contributed by atoms with E-state index in [9.17, 15) is 0 Å². The normalized spacial score (nSPS) is 11.8. The third kappa shape index (κ3) is 2.31. The van der Waals surface area contributed by atoms with Crippen LogP contribution in [0, 0.1) is 6.92 Å². The molecule has 0 spiro atoms. The van der Waals surface area contributed by atoms with Crippen molar-refractivity contribution < 1.29 is 0 Å². The summed E-state index contributed by atoms with van der Waals surface area (Å²) < 4.78 is 1.83. The van der Waals surface area contributed by atoms with Gasteiger partial charge < -0.3 is 0 Å². The molecule has 0 N–H and O–H groups in total. The molecule has 1 rings (SSSR count). The summed E-state index contributed by atoms with van der Waals surface area (Å²) in [6.07, 6.45) is 4.13. The molecule has 0 aliphatic carbocycles. The Morgan fingerprint density at radius 2 is 2.15 bits per heavy atom. The SMILES string of the molecule is C=C(C)/C(C)=C/c1cn(C)nc1C. The van der Waals surface area contributed by atoms with Gasteiger partial charge in [-0.25, -0.2) is 0 Å². The van der Waals surface area contributed by atoms with Crippen LogP contribution in [0.2, 0.25) is 0 Å². The first-order valence-electron chi connectivity index (χ1n) is 4.35. The van der Waals surface area contributed by atoms with Gasteiger partial charge in [0, 0.05) is 18.8 Å². The summed E-state index contributed by atoms with van der Waals surface area (Å²) in [5.41, 5.74) is 4.53. The highest BCUT2D eigenvalue weighted by molar-refractivity contribution is 5.57. The summed E-state index contributed by atoms with van der Waals surface area (Å²) in [5.74, 6) is 0. The highest BCUT2D eigenvalue weighted by Crippen LogP contribution is 2.14. The van der Waals surface area contributed by atoms with E-state index in [4.69, 9.17) is 0 Å². The molecule has 13 heavy (non-hydrogen) atoms. The lowest BCUT2D eigenvalue weighted by Crippen LogP contribution is -1.86. The number of aryl methyl sites for hydroxylation is 2. The van der Waals surface area contributed by atoms with E-state index < -0.39 is 0 Å². The van der Waals surface area contributed by atoms with Crippen LogP contribution < -0.4 is 0 Å². The molecule has 2 heteroatoms. The maximum Gasteiger partial charge on any atom is 0.0666 e. The average molecular weight is 176 g/mol. The van der Waals surface area contributed by atoms with E-state index >= 15 is 0 Å². The van der Waals surface area contributed by atoms with Crippen molar-refractivity contribution in [3.63, 3.8) is 0 Å². The Labute approximate surface area is 79.6 Å². The fourth-order valence-corrected chi connectivity index (χ4v) is 1.12. The number of aromatic nitrogens is 2. The Morgan fingerprint density at radius 1 is 1.54 bits per heavy atom. The molecule has 0 atom stereocenters. The molecule has 0 bridgehead atoms. The van der Waals surface area contributed by atoms with E-state index in [1.54, 1.807) is 0 Å². The van der Waals surface area contributed by atoms with Crippen molar-refractivity contribution in [2.45, 2.75) is 20.8 Å². The third-order valence-corrected chi connectivity index (χ3v) is 2.10. The predicted molar refractivity (Wildman–Crippen MR) is 56.4 cm³/mol. The fraction of sp³-hybridized carbons (Fsp3) is 0.364. The number of allylic oxidation sites excluding steroid dienone is 2. The van der Waals surface area contributed by atoms with Gasteiger partial charge in [0.15, 0.2) is 0 Å². The number of hydrogen-bond donors (Lipinski definition) is 0. The zero-order valence-electron chi connectivity index (χ0n) is 8.76. The van der Waals surface area contributed by atoms with Gasteiger partial charge in [-0.3, -0.25) is 4.68 Å². The molecule has 1 aromatic heterocycles. The minimum Gasteiger partial charge on any atom is -0.275 e. The molecule has 70 valence electrons. The smallest absolute Gasteiger partial charge is 0.0666 e. The second-order valence-corrected chi connectivity index (χ2v) is 3.45. The van der Waals surface area contributed by atoms with Crippen molar-refractivity contribution in [1.82, 2.24) is 9.78 Å². The lowest BCUT2D eigenvalue weighted by Gasteiger charge is -1.97. The first-order chi connectivity index (χ1) is 6.00. The Kier molecular flexibility index (Phi) is 2.71. The first kappa shape index (κ1) is 9.78. The van der Waals surface area contributed by atoms with E-state index in [0.29, 0.717) is 0 Å². The van der Waals surface area contributed by atoms with Crippen LogP contribution >= 0.6 is 0 Å². The largest absolute Gasteiger partial charge is 0.275 e. The van der Waals surface area contributed by atoms with E-state index in [-0.39, 0.29) is 0 Å². The molecule has 1 heterocycles. The molecule has 0 fully saturated rings. The molecule has 0 amide bonds. The monoisotopic (exact) mass is 176 g/mol. The van der Waals surface area contributed by atoms with Gasteiger partial charge >= 0.3 is 0 Å². The van der Waals surface area contributed by atoms with Crippen LogP contribution in [-0.4, -0.2) is 9.78 Å². The maximum absolute atomic E-state index is 4.27. The zero-order valence-corrected chi connectivity index (χ0v) is 8.76. The number of nitrogens with zero attached hydrogens (tertiary/aromatic N) is 2. The van der Waals surface area contributed by atoms with E-state index in [2.05, 4.69) is 24.7 Å². The van der Waals surface area contributed by atoms with Crippen LogP contribution in [0.4, 0.5) is 0 Å². The molecular weight excluding hydrogens is 160 g/mol. The van der Waals surface area contributed by atoms with E-state index in [0.717, 1.165) is 11.3 Å². The Balaban J connectivity index is 3.03. The van der Waals surface area contributed by atoms with Crippen molar-refractivity contribution >= 4 is 6.08 Å². The van der Waals surface area contributed by atoms with E-state index in [1.807, 2.05) is 31.8 Å². The number of rotatable bonds is 2. The lowest BCUT2D eigenvalue weighted by atomic mass is 10.1. The Bertz CT molecular complexity index is 356. The summed E-state index contributed by atoms with van der Waals surface area (Å²) in [4.78, 5) is 0. The summed E-state index contributed by atoms with van der Waals surface area (Å²) >= 11 is 0. The van der Waals surface area contributed by atoms with Gasteiger partial charge in [0.05, 0.1) is 5.69 Å². The molecule has 0 saturated heterocycles. The average Bonchev–Trinajstić information content (AvgIpc) is 2.30. The van der Waals surface area contributed by atoms with Crippen molar-refractivity contribution in [3.8, 4) is 0 Å². The molecule has 0 aliphatic rings. The van der Waals surface area contributed by atoms with Gasteiger partial charge in [-0.05, 0) is 32.4 Å². The fourth-order valence-electron chi connectivity index (χ4n) is 1.12.